The molecule has 1 aliphatic carbocycles. The summed E-state index contributed by atoms with van der Waals surface area (Å²) in [5, 5.41) is 6.37. The van der Waals surface area contributed by atoms with E-state index in [2.05, 4.69) is 21.0 Å². The minimum Gasteiger partial charge on any atom is -0.383 e. The fraction of sp³-hybridized carbons (Fsp3) is 0.217. The Morgan fingerprint density at radius 2 is 2.13 bits per heavy atom. The van der Waals surface area contributed by atoms with E-state index in [1.165, 1.54) is 0 Å². The van der Waals surface area contributed by atoms with Gasteiger partial charge in [-0.3, -0.25) is 14.5 Å². The Balaban J connectivity index is 1.53. The molecule has 4 aromatic rings. The standard InChI is InChI=1S/C23H19ClN6O/c1-3-13-10-26-15(9-19(13)24)12-30(16-5-6-16)23(31)14-4-7-20-17(8-14)21-18(22(25)28-20)11-27-29(21)2/h1,4,7-11,16H,5-6,12H2,2H3,(H2,25,28). The number of anilines is 1. The zero-order valence-electron chi connectivity index (χ0n) is 16.8. The molecule has 5 rings (SSSR count). The third-order valence-corrected chi connectivity index (χ3v) is 5.91. The van der Waals surface area contributed by atoms with Crippen LogP contribution in [0.3, 0.4) is 0 Å². The van der Waals surface area contributed by atoms with Gasteiger partial charge in [-0.1, -0.05) is 17.5 Å². The highest BCUT2D eigenvalue weighted by atomic mass is 35.5. The van der Waals surface area contributed by atoms with Crippen LogP contribution in [0.25, 0.3) is 21.8 Å². The molecule has 3 aromatic heterocycles. The molecule has 31 heavy (non-hydrogen) atoms. The summed E-state index contributed by atoms with van der Waals surface area (Å²) in [5.41, 5.74) is 9.48. The summed E-state index contributed by atoms with van der Waals surface area (Å²) in [6.07, 6.45) is 10.6. The molecular weight excluding hydrogens is 412 g/mol. The first-order valence-electron chi connectivity index (χ1n) is 9.89. The predicted molar refractivity (Wildman–Crippen MR) is 121 cm³/mol. The predicted octanol–water partition coefficient (Wildman–Crippen LogP) is 3.54. The van der Waals surface area contributed by atoms with E-state index in [-0.39, 0.29) is 11.9 Å². The number of terminal acetylenes is 1. The monoisotopic (exact) mass is 430 g/mol. The summed E-state index contributed by atoms with van der Waals surface area (Å²) in [5.74, 6) is 2.86. The maximum atomic E-state index is 13.5. The first-order chi connectivity index (χ1) is 15.0. The van der Waals surface area contributed by atoms with E-state index < -0.39 is 0 Å². The van der Waals surface area contributed by atoms with E-state index in [4.69, 9.17) is 23.8 Å². The maximum absolute atomic E-state index is 13.5. The number of benzene rings is 1. The molecule has 0 saturated heterocycles. The minimum absolute atomic E-state index is 0.0597. The number of aromatic nitrogens is 4. The lowest BCUT2D eigenvalue weighted by Gasteiger charge is -2.22. The van der Waals surface area contributed by atoms with Crippen molar-refractivity contribution in [3.05, 3.63) is 58.5 Å². The summed E-state index contributed by atoms with van der Waals surface area (Å²) in [4.78, 5) is 24.2. The number of nitrogens with zero attached hydrogens (tertiary/aromatic N) is 5. The molecular formula is C23H19ClN6O. The Morgan fingerprint density at radius 1 is 1.32 bits per heavy atom. The number of hydrogen-bond donors (Lipinski definition) is 1. The Morgan fingerprint density at radius 3 is 2.84 bits per heavy atom. The lowest BCUT2D eigenvalue weighted by Crippen LogP contribution is -2.33. The van der Waals surface area contributed by atoms with Gasteiger partial charge in [0.2, 0.25) is 0 Å². The number of aryl methyl sites for hydroxylation is 1. The third kappa shape index (κ3) is 3.35. The van der Waals surface area contributed by atoms with Gasteiger partial charge in [0.05, 0.1) is 45.4 Å². The number of hydrogen-bond acceptors (Lipinski definition) is 5. The number of nitrogen functional groups attached to an aromatic ring is 1. The lowest BCUT2D eigenvalue weighted by molar-refractivity contribution is 0.0728. The van der Waals surface area contributed by atoms with Gasteiger partial charge in [-0.15, -0.1) is 6.42 Å². The first kappa shape index (κ1) is 19.3. The van der Waals surface area contributed by atoms with Crippen molar-refractivity contribution in [2.24, 2.45) is 7.05 Å². The van der Waals surface area contributed by atoms with E-state index in [1.807, 2.05) is 24.1 Å². The summed E-state index contributed by atoms with van der Waals surface area (Å²) >= 11 is 6.23. The van der Waals surface area contributed by atoms with E-state index in [0.717, 1.165) is 34.6 Å². The molecule has 154 valence electrons. The highest BCUT2D eigenvalue weighted by Crippen LogP contribution is 2.32. The van der Waals surface area contributed by atoms with Crippen LogP contribution in [-0.4, -0.2) is 36.6 Å². The van der Waals surface area contributed by atoms with Crippen molar-refractivity contribution < 1.29 is 4.79 Å². The molecule has 2 N–H and O–H groups in total. The number of carbonyl (C=O) groups is 1. The Labute approximate surface area is 183 Å². The van der Waals surface area contributed by atoms with Crippen molar-refractivity contribution in [1.29, 1.82) is 0 Å². The second-order valence-corrected chi connectivity index (χ2v) is 8.13. The van der Waals surface area contributed by atoms with Crippen molar-refractivity contribution >= 4 is 45.1 Å². The van der Waals surface area contributed by atoms with Crippen molar-refractivity contribution in [2.75, 3.05) is 5.73 Å². The molecule has 0 bridgehead atoms. The fourth-order valence-corrected chi connectivity index (χ4v) is 4.08. The quantitative estimate of drug-likeness (QED) is 0.500. The van der Waals surface area contributed by atoms with Gasteiger partial charge in [-0.2, -0.15) is 5.10 Å². The number of amides is 1. The number of fused-ring (bicyclic) bond motifs is 3. The summed E-state index contributed by atoms with van der Waals surface area (Å²) in [6, 6.07) is 7.40. The average molecular weight is 431 g/mol. The molecule has 1 aliphatic rings. The van der Waals surface area contributed by atoms with Gasteiger partial charge in [0, 0.05) is 30.2 Å². The smallest absolute Gasteiger partial charge is 0.254 e. The zero-order valence-corrected chi connectivity index (χ0v) is 17.6. The molecule has 1 aromatic carbocycles. The maximum Gasteiger partial charge on any atom is 0.254 e. The molecule has 1 fully saturated rings. The largest absolute Gasteiger partial charge is 0.383 e. The second kappa shape index (κ2) is 7.25. The number of nitrogens with two attached hydrogens (primary N) is 1. The molecule has 1 amide bonds. The molecule has 8 heteroatoms. The van der Waals surface area contributed by atoms with E-state index in [0.29, 0.717) is 34.2 Å². The van der Waals surface area contributed by atoms with Crippen molar-refractivity contribution in [3.8, 4) is 12.3 Å². The third-order valence-electron chi connectivity index (χ3n) is 5.60. The summed E-state index contributed by atoms with van der Waals surface area (Å²) < 4.78 is 1.75. The molecule has 3 heterocycles. The van der Waals surface area contributed by atoms with Gasteiger partial charge in [-0.05, 0) is 37.1 Å². The van der Waals surface area contributed by atoms with Crippen LogP contribution in [0.1, 0.15) is 34.5 Å². The Hall–Kier alpha value is -3.63. The van der Waals surface area contributed by atoms with Crippen LogP contribution in [0.2, 0.25) is 5.02 Å². The van der Waals surface area contributed by atoms with Gasteiger partial charge in [-0.25, -0.2) is 4.98 Å². The van der Waals surface area contributed by atoms with E-state index in [9.17, 15) is 4.79 Å². The van der Waals surface area contributed by atoms with Crippen LogP contribution in [-0.2, 0) is 13.6 Å². The molecule has 0 radical (unpaired) electrons. The van der Waals surface area contributed by atoms with Gasteiger partial charge < -0.3 is 10.6 Å². The van der Waals surface area contributed by atoms with Crippen molar-refractivity contribution in [3.63, 3.8) is 0 Å². The Kier molecular flexibility index (Phi) is 4.53. The molecule has 0 aliphatic heterocycles. The summed E-state index contributed by atoms with van der Waals surface area (Å²) in [6.45, 7) is 0.368. The SMILES string of the molecule is C#Cc1cnc(CN(C(=O)c2ccc3nc(N)c4cnn(C)c4c3c2)C2CC2)cc1Cl. The van der Waals surface area contributed by atoms with Crippen molar-refractivity contribution in [2.45, 2.75) is 25.4 Å². The molecule has 1 saturated carbocycles. The van der Waals surface area contributed by atoms with Gasteiger partial charge >= 0.3 is 0 Å². The van der Waals surface area contributed by atoms with Crippen LogP contribution in [0.5, 0.6) is 0 Å². The molecule has 7 nitrogen and oxygen atoms in total. The van der Waals surface area contributed by atoms with Crippen LogP contribution < -0.4 is 5.73 Å². The number of rotatable bonds is 4. The first-order valence-corrected chi connectivity index (χ1v) is 10.3. The van der Waals surface area contributed by atoms with Crippen LogP contribution >= 0.6 is 11.6 Å². The zero-order chi connectivity index (χ0) is 21.7. The van der Waals surface area contributed by atoms with Crippen LogP contribution in [0, 0.1) is 12.3 Å². The van der Waals surface area contributed by atoms with Gasteiger partial charge in [0.25, 0.3) is 5.91 Å². The second-order valence-electron chi connectivity index (χ2n) is 7.72. The number of pyridine rings is 2. The normalized spacial score (nSPS) is 13.5. The summed E-state index contributed by atoms with van der Waals surface area (Å²) in [7, 11) is 1.85. The molecule has 0 unspecified atom stereocenters. The molecule has 0 atom stereocenters. The highest BCUT2D eigenvalue weighted by molar-refractivity contribution is 6.31. The fourth-order valence-electron chi connectivity index (χ4n) is 3.85. The van der Waals surface area contributed by atoms with Gasteiger partial charge in [0.15, 0.2) is 0 Å². The van der Waals surface area contributed by atoms with E-state index >= 15 is 0 Å². The molecule has 0 spiro atoms. The van der Waals surface area contributed by atoms with Crippen LogP contribution in [0.4, 0.5) is 5.82 Å². The number of halogens is 1. The minimum atomic E-state index is -0.0597. The number of carbonyl (C=O) groups excluding carboxylic acids is 1. The Bertz CT molecular complexity index is 1400. The average Bonchev–Trinajstić information content (AvgIpc) is 3.53. The lowest BCUT2D eigenvalue weighted by atomic mass is 10.1. The van der Waals surface area contributed by atoms with Gasteiger partial charge in [0.1, 0.15) is 5.82 Å². The van der Waals surface area contributed by atoms with Crippen LogP contribution in [0.15, 0.2) is 36.7 Å². The van der Waals surface area contributed by atoms with Crippen molar-refractivity contribution in [1.82, 2.24) is 24.6 Å². The topological polar surface area (TPSA) is 89.9 Å². The highest BCUT2D eigenvalue weighted by Gasteiger charge is 2.33. The van der Waals surface area contributed by atoms with E-state index in [1.54, 1.807) is 29.2 Å².